The van der Waals surface area contributed by atoms with Crippen LogP contribution in [0.25, 0.3) is 0 Å². The van der Waals surface area contributed by atoms with Crippen molar-refractivity contribution in [1.82, 2.24) is 4.98 Å². The van der Waals surface area contributed by atoms with Crippen molar-refractivity contribution in [3.8, 4) is 5.88 Å². The van der Waals surface area contributed by atoms with E-state index in [4.69, 9.17) is 4.74 Å². The molecule has 88 valence electrons. The first-order valence-corrected chi connectivity index (χ1v) is 6.23. The van der Waals surface area contributed by atoms with E-state index in [0.717, 1.165) is 18.7 Å². The number of aromatic nitrogens is 1. The molecule has 0 saturated heterocycles. The number of nitrogens with zero attached hydrogens (tertiary/aromatic N) is 1. The number of hydrogen-bond donors (Lipinski definition) is 0. The standard InChI is InChI=1S/C14H21NO/c1-9(2)12-7-11-5-6-13(10(3)4)16-14(11)15-8-12/h7-10,13H,5-6H2,1-4H3/t13-/m1/s1. The fourth-order valence-electron chi connectivity index (χ4n) is 2.09. The molecule has 1 aromatic rings. The minimum atomic E-state index is 0.338. The zero-order valence-corrected chi connectivity index (χ0v) is 10.7. The second-order valence-electron chi connectivity index (χ2n) is 5.33. The molecule has 0 saturated carbocycles. The van der Waals surface area contributed by atoms with Gasteiger partial charge in [-0.1, -0.05) is 27.7 Å². The normalized spacial score (nSPS) is 19.8. The summed E-state index contributed by atoms with van der Waals surface area (Å²) >= 11 is 0. The van der Waals surface area contributed by atoms with Crippen LogP contribution in [0.2, 0.25) is 0 Å². The fourth-order valence-corrected chi connectivity index (χ4v) is 2.09. The van der Waals surface area contributed by atoms with Crippen molar-refractivity contribution in [1.29, 1.82) is 0 Å². The number of aryl methyl sites for hydroxylation is 1. The molecule has 0 aliphatic carbocycles. The molecule has 2 heterocycles. The summed E-state index contributed by atoms with van der Waals surface area (Å²) in [4.78, 5) is 4.45. The molecule has 0 radical (unpaired) electrons. The minimum Gasteiger partial charge on any atom is -0.474 e. The van der Waals surface area contributed by atoms with E-state index in [2.05, 4.69) is 38.7 Å². The first-order chi connectivity index (χ1) is 7.58. The van der Waals surface area contributed by atoms with Gasteiger partial charge in [-0.3, -0.25) is 0 Å². The predicted molar refractivity (Wildman–Crippen MR) is 65.9 cm³/mol. The maximum Gasteiger partial charge on any atom is 0.216 e. The van der Waals surface area contributed by atoms with Crippen molar-refractivity contribution in [2.24, 2.45) is 5.92 Å². The summed E-state index contributed by atoms with van der Waals surface area (Å²) in [6.45, 7) is 8.81. The molecule has 0 amide bonds. The monoisotopic (exact) mass is 219 g/mol. The van der Waals surface area contributed by atoms with Crippen molar-refractivity contribution >= 4 is 0 Å². The Balaban J connectivity index is 2.22. The van der Waals surface area contributed by atoms with Crippen LogP contribution >= 0.6 is 0 Å². The zero-order valence-electron chi connectivity index (χ0n) is 10.7. The smallest absolute Gasteiger partial charge is 0.216 e. The topological polar surface area (TPSA) is 22.1 Å². The van der Waals surface area contributed by atoms with E-state index in [0.29, 0.717) is 17.9 Å². The molecule has 1 atom stereocenters. The average Bonchev–Trinajstić information content (AvgIpc) is 2.27. The highest BCUT2D eigenvalue weighted by molar-refractivity contribution is 5.33. The van der Waals surface area contributed by atoms with Crippen LogP contribution in [0.1, 0.15) is 51.2 Å². The van der Waals surface area contributed by atoms with Gasteiger partial charge < -0.3 is 4.74 Å². The van der Waals surface area contributed by atoms with Gasteiger partial charge in [-0.15, -0.1) is 0 Å². The fraction of sp³-hybridized carbons (Fsp3) is 0.643. The maximum absolute atomic E-state index is 5.92. The first-order valence-electron chi connectivity index (χ1n) is 6.23. The Morgan fingerprint density at radius 2 is 2.06 bits per heavy atom. The van der Waals surface area contributed by atoms with Crippen molar-refractivity contribution in [3.63, 3.8) is 0 Å². The van der Waals surface area contributed by atoms with Crippen LogP contribution in [0.3, 0.4) is 0 Å². The van der Waals surface area contributed by atoms with E-state index in [9.17, 15) is 0 Å². The molecule has 16 heavy (non-hydrogen) atoms. The van der Waals surface area contributed by atoms with Gasteiger partial charge in [0.05, 0.1) is 0 Å². The summed E-state index contributed by atoms with van der Waals surface area (Å²) in [5.41, 5.74) is 2.59. The van der Waals surface area contributed by atoms with Gasteiger partial charge in [0, 0.05) is 11.8 Å². The summed E-state index contributed by atoms with van der Waals surface area (Å²) in [6, 6.07) is 2.25. The number of fused-ring (bicyclic) bond motifs is 1. The summed E-state index contributed by atoms with van der Waals surface area (Å²) < 4.78 is 5.92. The SMILES string of the molecule is CC(C)c1cnc2c(c1)CC[C@H](C(C)C)O2. The van der Waals surface area contributed by atoms with Gasteiger partial charge in [0.1, 0.15) is 6.10 Å². The Bertz CT molecular complexity index is 371. The van der Waals surface area contributed by atoms with Gasteiger partial charge >= 0.3 is 0 Å². The third kappa shape index (κ3) is 2.21. The van der Waals surface area contributed by atoms with Crippen LogP contribution < -0.4 is 4.74 Å². The Labute approximate surface area is 98.0 Å². The van der Waals surface area contributed by atoms with Crippen molar-refractivity contribution in [2.45, 2.75) is 52.6 Å². The molecule has 2 rings (SSSR count). The van der Waals surface area contributed by atoms with Gasteiger partial charge in [0.15, 0.2) is 0 Å². The Morgan fingerprint density at radius 3 is 2.69 bits per heavy atom. The molecule has 1 aliphatic heterocycles. The Morgan fingerprint density at radius 1 is 1.31 bits per heavy atom. The molecule has 0 fully saturated rings. The van der Waals surface area contributed by atoms with Gasteiger partial charge in [-0.2, -0.15) is 0 Å². The quantitative estimate of drug-likeness (QED) is 0.758. The van der Waals surface area contributed by atoms with E-state index in [1.807, 2.05) is 6.20 Å². The van der Waals surface area contributed by atoms with Gasteiger partial charge in [-0.05, 0) is 36.3 Å². The van der Waals surface area contributed by atoms with E-state index < -0.39 is 0 Å². The zero-order chi connectivity index (χ0) is 11.7. The van der Waals surface area contributed by atoms with Crippen LogP contribution in [0, 0.1) is 5.92 Å². The molecule has 1 aromatic heterocycles. The second-order valence-corrected chi connectivity index (χ2v) is 5.33. The third-order valence-corrected chi connectivity index (χ3v) is 3.32. The lowest BCUT2D eigenvalue weighted by Crippen LogP contribution is -2.28. The van der Waals surface area contributed by atoms with Crippen LogP contribution in [-0.4, -0.2) is 11.1 Å². The highest BCUT2D eigenvalue weighted by atomic mass is 16.5. The minimum absolute atomic E-state index is 0.338. The summed E-state index contributed by atoms with van der Waals surface area (Å²) in [5.74, 6) is 1.97. The molecular formula is C14H21NO. The van der Waals surface area contributed by atoms with Crippen molar-refractivity contribution in [3.05, 3.63) is 23.4 Å². The molecule has 0 bridgehead atoms. The van der Waals surface area contributed by atoms with Crippen molar-refractivity contribution < 1.29 is 4.74 Å². The van der Waals surface area contributed by atoms with E-state index in [-0.39, 0.29) is 0 Å². The van der Waals surface area contributed by atoms with Crippen LogP contribution in [0.15, 0.2) is 12.3 Å². The molecule has 0 spiro atoms. The summed E-state index contributed by atoms with van der Waals surface area (Å²) in [6.07, 6.45) is 4.51. The number of hydrogen-bond acceptors (Lipinski definition) is 2. The molecular weight excluding hydrogens is 198 g/mol. The lowest BCUT2D eigenvalue weighted by atomic mass is 9.95. The highest BCUT2D eigenvalue weighted by Gasteiger charge is 2.23. The van der Waals surface area contributed by atoms with Gasteiger partial charge in [0.25, 0.3) is 0 Å². The molecule has 0 unspecified atom stereocenters. The predicted octanol–water partition coefficient (Wildman–Crippen LogP) is 3.55. The van der Waals surface area contributed by atoms with Crippen LogP contribution in [0.5, 0.6) is 5.88 Å². The summed E-state index contributed by atoms with van der Waals surface area (Å²) in [5, 5.41) is 0. The van der Waals surface area contributed by atoms with Crippen molar-refractivity contribution in [2.75, 3.05) is 0 Å². The Kier molecular flexibility index (Phi) is 3.17. The third-order valence-electron chi connectivity index (χ3n) is 3.32. The number of pyridine rings is 1. The van der Waals surface area contributed by atoms with Gasteiger partial charge in [-0.25, -0.2) is 4.98 Å². The maximum atomic E-state index is 5.92. The van der Waals surface area contributed by atoms with Gasteiger partial charge in [0.2, 0.25) is 5.88 Å². The molecule has 1 aliphatic rings. The first kappa shape index (κ1) is 11.4. The lowest BCUT2D eigenvalue weighted by molar-refractivity contribution is 0.120. The van der Waals surface area contributed by atoms with Crippen LogP contribution in [0.4, 0.5) is 0 Å². The van der Waals surface area contributed by atoms with Crippen LogP contribution in [-0.2, 0) is 6.42 Å². The van der Waals surface area contributed by atoms with E-state index in [1.165, 1.54) is 11.1 Å². The second kappa shape index (κ2) is 4.44. The largest absolute Gasteiger partial charge is 0.474 e. The number of rotatable bonds is 2. The lowest BCUT2D eigenvalue weighted by Gasteiger charge is -2.28. The molecule has 0 N–H and O–H groups in total. The summed E-state index contributed by atoms with van der Waals surface area (Å²) in [7, 11) is 0. The molecule has 2 nitrogen and oxygen atoms in total. The van der Waals surface area contributed by atoms with E-state index in [1.54, 1.807) is 0 Å². The Hall–Kier alpha value is -1.05. The molecule has 0 aromatic carbocycles. The molecule has 2 heteroatoms. The average molecular weight is 219 g/mol. The number of ether oxygens (including phenoxy) is 1. The highest BCUT2D eigenvalue weighted by Crippen LogP contribution is 2.30. The van der Waals surface area contributed by atoms with E-state index >= 15 is 0 Å².